The highest BCUT2D eigenvalue weighted by molar-refractivity contribution is 5.37. The number of hydrogen-bond acceptors (Lipinski definition) is 2. The lowest BCUT2D eigenvalue weighted by molar-refractivity contribution is 0.113. The average molecular weight is 188 g/mol. The Labute approximate surface area is 74.8 Å². The minimum Gasteiger partial charge on any atom is -0.504 e. The molecule has 0 spiro atoms. The normalized spacial score (nSPS) is 10.4. The number of ether oxygens (including phenoxy) is 1. The lowest BCUT2D eigenvalue weighted by Gasteiger charge is -2.06. The van der Waals surface area contributed by atoms with Crippen LogP contribution in [-0.2, 0) is 0 Å². The smallest absolute Gasteiger partial charge is 0.241 e. The predicted molar refractivity (Wildman–Crippen MR) is 44.2 cm³/mol. The summed E-state index contributed by atoms with van der Waals surface area (Å²) in [4.78, 5) is 0. The second-order valence-corrected chi connectivity index (χ2v) is 2.50. The van der Waals surface area contributed by atoms with E-state index in [4.69, 9.17) is 9.84 Å². The molecule has 0 atom stereocenters. The molecular weight excluding hydrogens is 178 g/mol. The number of halogens is 2. The Balaban J connectivity index is 2.41. The molecule has 2 nitrogen and oxygen atoms in total. The largest absolute Gasteiger partial charge is 0.504 e. The van der Waals surface area contributed by atoms with Crippen LogP contribution in [0.15, 0.2) is 24.3 Å². The zero-order valence-electron chi connectivity index (χ0n) is 6.91. The summed E-state index contributed by atoms with van der Waals surface area (Å²) in [6, 6.07) is 6.27. The Hall–Kier alpha value is -1.32. The molecule has 0 amide bonds. The van der Waals surface area contributed by atoms with Crippen molar-refractivity contribution in [3.8, 4) is 11.5 Å². The van der Waals surface area contributed by atoms with Gasteiger partial charge in [-0.3, -0.25) is 0 Å². The fraction of sp³-hybridized carbons (Fsp3) is 0.333. The van der Waals surface area contributed by atoms with Crippen molar-refractivity contribution in [2.45, 2.75) is 12.8 Å². The van der Waals surface area contributed by atoms with E-state index in [1.165, 1.54) is 12.1 Å². The molecule has 13 heavy (non-hydrogen) atoms. The Morgan fingerprint density at radius 3 is 2.62 bits per heavy atom. The molecule has 72 valence electrons. The fourth-order valence-corrected chi connectivity index (χ4v) is 0.837. The van der Waals surface area contributed by atoms with Crippen molar-refractivity contribution in [1.29, 1.82) is 0 Å². The van der Waals surface area contributed by atoms with E-state index in [0.29, 0.717) is 0 Å². The summed E-state index contributed by atoms with van der Waals surface area (Å²) in [7, 11) is 0. The van der Waals surface area contributed by atoms with Crippen LogP contribution in [0, 0.1) is 0 Å². The van der Waals surface area contributed by atoms with E-state index in [1.54, 1.807) is 12.1 Å². The maximum Gasteiger partial charge on any atom is 0.241 e. The molecule has 0 radical (unpaired) electrons. The fourth-order valence-electron chi connectivity index (χ4n) is 0.837. The molecule has 0 bridgehead atoms. The van der Waals surface area contributed by atoms with Gasteiger partial charge in [0.1, 0.15) is 0 Å². The Kier molecular flexibility index (Phi) is 3.49. The molecule has 4 heteroatoms. The minimum atomic E-state index is -2.37. The molecular formula is C9H10F2O2. The van der Waals surface area contributed by atoms with E-state index in [-0.39, 0.29) is 24.5 Å². The van der Waals surface area contributed by atoms with Gasteiger partial charge in [0, 0.05) is 6.42 Å². The molecule has 1 aromatic rings. The van der Waals surface area contributed by atoms with Crippen molar-refractivity contribution >= 4 is 0 Å². The first-order valence-electron chi connectivity index (χ1n) is 3.89. The van der Waals surface area contributed by atoms with Crippen LogP contribution in [0.2, 0.25) is 0 Å². The van der Waals surface area contributed by atoms with Crippen molar-refractivity contribution in [2.24, 2.45) is 0 Å². The van der Waals surface area contributed by atoms with E-state index >= 15 is 0 Å². The second kappa shape index (κ2) is 4.64. The summed E-state index contributed by atoms with van der Waals surface area (Å²) in [6.45, 7) is -0.0881. The molecule has 1 rings (SSSR count). The molecule has 0 aromatic heterocycles. The van der Waals surface area contributed by atoms with Gasteiger partial charge in [-0.1, -0.05) is 12.1 Å². The quantitative estimate of drug-likeness (QED) is 0.786. The van der Waals surface area contributed by atoms with Crippen LogP contribution >= 0.6 is 0 Å². The Morgan fingerprint density at radius 2 is 2.00 bits per heavy atom. The van der Waals surface area contributed by atoms with E-state index < -0.39 is 6.43 Å². The average Bonchev–Trinajstić information content (AvgIpc) is 2.08. The van der Waals surface area contributed by atoms with Crippen LogP contribution in [0.5, 0.6) is 11.5 Å². The van der Waals surface area contributed by atoms with Crippen molar-refractivity contribution in [3.63, 3.8) is 0 Å². The van der Waals surface area contributed by atoms with Crippen LogP contribution < -0.4 is 4.74 Å². The highest BCUT2D eigenvalue weighted by Crippen LogP contribution is 2.24. The molecule has 1 aromatic carbocycles. The molecule has 0 aliphatic heterocycles. The summed E-state index contributed by atoms with van der Waals surface area (Å²) < 4.78 is 28.3. The molecule has 0 fully saturated rings. The van der Waals surface area contributed by atoms with E-state index in [2.05, 4.69) is 0 Å². The molecule has 0 saturated carbocycles. The minimum absolute atomic E-state index is 0.0308. The van der Waals surface area contributed by atoms with Gasteiger partial charge in [-0.05, 0) is 12.1 Å². The third-order valence-electron chi connectivity index (χ3n) is 1.46. The number of benzene rings is 1. The highest BCUT2D eigenvalue weighted by atomic mass is 19.3. The zero-order chi connectivity index (χ0) is 9.68. The van der Waals surface area contributed by atoms with E-state index in [9.17, 15) is 8.78 Å². The van der Waals surface area contributed by atoms with Crippen LogP contribution in [0.25, 0.3) is 0 Å². The standard InChI is InChI=1S/C9H10F2O2/c10-9(11)5-6-13-8-4-2-1-3-7(8)12/h1-4,9,12H,5-6H2. The Morgan fingerprint density at radius 1 is 1.31 bits per heavy atom. The number of aromatic hydroxyl groups is 1. The van der Waals surface area contributed by atoms with Gasteiger partial charge in [0.15, 0.2) is 11.5 Å². The summed E-state index contributed by atoms with van der Waals surface area (Å²) in [5, 5.41) is 9.16. The number of hydrogen-bond donors (Lipinski definition) is 1. The number of para-hydroxylation sites is 2. The Bertz CT molecular complexity index is 264. The van der Waals surface area contributed by atoms with E-state index in [1.807, 2.05) is 0 Å². The van der Waals surface area contributed by atoms with Gasteiger partial charge in [0.05, 0.1) is 6.61 Å². The monoisotopic (exact) mass is 188 g/mol. The van der Waals surface area contributed by atoms with Crippen LogP contribution in [-0.4, -0.2) is 18.1 Å². The summed E-state index contributed by atoms with van der Waals surface area (Å²) >= 11 is 0. The molecule has 1 N–H and O–H groups in total. The molecule has 0 aliphatic rings. The van der Waals surface area contributed by atoms with Gasteiger partial charge in [0.2, 0.25) is 6.43 Å². The third-order valence-corrected chi connectivity index (χ3v) is 1.46. The molecule has 0 aliphatic carbocycles. The number of rotatable bonds is 4. The SMILES string of the molecule is Oc1ccccc1OCCC(F)F. The van der Waals surface area contributed by atoms with Crippen LogP contribution in [0.1, 0.15) is 6.42 Å². The second-order valence-electron chi connectivity index (χ2n) is 2.50. The van der Waals surface area contributed by atoms with Crippen molar-refractivity contribution in [2.75, 3.05) is 6.61 Å². The molecule has 0 unspecified atom stereocenters. The maximum atomic E-state index is 11.7. The van der Waals surface area contributed by atoms with E-state index in [0.717, 1.165) is 0 Å². The number of alkyl halides is 2. The molecule has 0 heterocycles. The van der Waals surface area contributed by atoms with Crippen molar-refractivity contribution in [3.05, 3.63) is 24.3 Å². The first kappa shape index (κ1) is 9.77. The zero-order valence-corrected chi connectivity index (χ0v) is 6.91. The van der Waals surface area contributed by atoms with Crippen molar-refractivity contribution < 1.29 is 18.6 Å². The number of phenolic OH excluding ortho intramolecular Hbond substituents is 1. The van der Waals surface area contributed by atoms with Crippen molar-refractivity contribution in [1.82, 2.24) is 0 Å². The molecule has 0 saturated heterocycles. The summed E-state index contributed by atoms with van der Waals surface area (Å²) in [5.41, 5.74) is 0. The number of phenols is 1. The summed E-state index contributed by atoms with van der Waals surface area (Å²) in [6.07, 6.45) is -2.69. The van der Waals surface area contributed by atoms with Gasteiger partial charge in [-0.15, -0.1) is 0 Å². The lowest BCUT2D eigenvalue weighted by Crippen LogP contribution is -2.02. The van der Waals surface area contributed by atoms with Crippen LogP contribution in [0.3, 0.4) is 0 Å². The van der Waals surface area contributed by atoms with Gasteiger partial charge < -0.3 is 9.84 Å². The first-order valence-corrected chi connectivity index (χ1v) is 3.89. The highest BCUT2D eigenvalue weighted by Gasteiger charge is 2.04. The summed E-state index contributed by atoms with van der Waals surface area (Å²) in [5.74, 6) is 0.208. The lowest BCUT2D eigenvalue weighted by atomic mass is 10.3. The van der Waals surface area contributed by atoms with Gasteiger partial charge in [-0.2, -0.15) is 0 Å². The third kappa shape index (κ3) is 3.27. The topological polar surface area (TPSA) is 29.5 Å². The predicted octanol–water partition coefficient (Wildman–Crippen LogP) is 2.43. The first-order chi connectivity index (χ1) is 6.20. The van der Waals surface area contributed by atoms with Crippen LogP contribution in [0.4, 0.5) is 8.78 Å². The van der Waals surface area contributed by atoms with Gasteiger partial charge in [-0.25, -0.2) is 8.78 Å². The van der Waals surface area contributed by atoms with Gasteiger partial charge >= 0.3 is 0 Å². The van der Waals surface area contributed by atoms with Gasteiger partial charge in [0.25, 0.3) is 0 Å². The maximum absolute atomic E-state index is 11.7.